The zero-order valence-electron chi connectivity index (χ0n) is 17.1. The molecular formula is C22H36NO4. The highest BCUT2D eigenvalue weighted by Crippen LogP contribution is 2.61. The average Bonchev–Trinajstić information content (AvgIpc) is 2.56. The third kappa shape index (κ3) is 5.94. The van der Waals surface area contributed by atoms with Gasteiger partial charge in [0.25, 0.3) is 0 Å². The fourth-order valence-electron chi connectivity index (χ4n) is 5.95. The second kappa shape index (κ2) is 8.93. The van der Waals surface area contributed by atoms with Gasteiger partial charge >= 0.3 is 11.9 Å². The Balaban J connectivity index is 1.32. The summed E-state index contributed by atoms with van der Waals surface area (Å²) in [6.45, 7) is 5.27. The van der Waals surface area contributed by atoms with Crippen molar-refractivity contribution in [1.29, 1.82) is 0 Å². The summed E-state index contributed by atoms with van der Waals surface area (Å²) in [5, 5.41) is 0. The first-order valence-corrected chi connectivity index (χ1v) is 10.6. The highest BCUT2D eigenvalue weighted by atomic mass is 16.5. The smallest absolute Gasteiger partial charge is 0.306 e. The fourth-order valence-corrected chi connectivity index (χ4v) is 5.95. The third-order valence-corrected chi connectivity index (χ3v) is 6.63. The minimum absolute atomic E-state index is 0.0945. The van der Waals surface area contributed by atoms with Crippen LogP contribution in [0.15, 0.2) is 0 Å². The Morgan fingerprint density at radius 2 is 1.52 bits per heavy atom. The van der Waals surface area contributed by atoms with Crippen molar-refractivity contribution in [1.82, 2.24) is 4.90 Å². The number of esters is 2. The number of hydrogen-bond donors (Lipinski definition) is 0. The van der Waals surface area contributed by atoms with Gasteiger partial charge in [0.05, 0.1) is 19.6 Å². The Morgan fingerprint density at radius 1 is 1.00 bits per heavy atom. The van der Waals surface area contributed by atoms with E-state index in [9.17, 15) is 9.59 Å². The quantitative estimate of drug-likeness (QED) is 0.545. The van der Waals surface area contributed by atoms with E-state index in [2.05, 4.69) is 6.92 Å². The molecule has 0 spiro atoms. The van der Waals surface area contributed by atoms with E-state index in [-0.39, 0.29) is 36.5 Å². The first kappa shape index (κ1) is 20.6. The van der Waals surface area contributed by atoms with Gasteiger partial charge in [0.15, 0.2) is 0 Å². The van der Waals surface area contributed by atoms with Gasteiger partial charge in [0.1, 0.15) is 0 Å². The fraction of sp³-hybridized carbons (Fsp3) is 0.864. The Bertz CT molecular complexity index is 495. The van der Waals surface area contributed by atoms with Gasteiger partial charge in [-0.15, -0.1) is 0 Å². The van der Waals surface area contributed by atoms with Gasteiger partial charge < -0.3 is 14.4 Å². The molecular weight excluding hydrogens is 342 g/mol. The van der Waals surface area contributed by atoms with Crippen LogP contribution < -0.4 is 0 Å². The maximum absolute atomic E-state index is 12.4. The van der Waals surface area contributed by atoms with Gasteiger partial charge in [-0.3, -0.25) is 9.59 Å². The predicted molar refractivity (Wildman–Crippen MR) is 104 cm³/mol. The summed E-state index contributed by atoms with van der Waals surface area (Å²) in [6, 6.07) is 0. The van der Waals surface area contributed by atoms with Crippen LogP contribution >= 0.6 is 0 Å². The van der Waals surface area contributed by atoms with E-state index < -0.39 is 0 Å². The van der Waals surface area contributed by atoms with Crippen molar-refractivity contribution in [2.45, 2.75) is 57.8 Å². The molecule has 0 saturated heterocycles. The topological polar surface area (TPSA) is 55.8 Å². The molecule has 0 aromatic rings. The molecule has 4 aliphatic rings. The first-order valence-electron chi connectivity index (χ1n) is 10.6. The molecule has 4 fully saturated rings. The molecule has 1 unspecified atom stereocenters. The molecule has 1 atom stereocenters. The van der Waals surface area contributed by atoms with Gasteiger partial charge in [-0.1, -0.05) is 0 Å². The monoisotopic (exact) mass is 378 g/mol. The molecule has 5 heteroatoms. The number of carbonyl (C=O) groups is 2. The summed E-state index contributed by atoms with van der Waals surface area (Å²) < 4.78 is 10.7. The van der Waals surface area contributed by atoms with E-state index in [0.29, 0.717) is 12.8 Å². The van der Waals surface area contributed by atoms with Crippen LogP contribution in [0, 0.1) is 36.0 Å². The van der Waals surface area contributed by atoms with Crippen molar-refractivity contribution in [3.05, 3.63) is 6.92 Å². The number of hydrogen-bond acceptors (Lipinski definition) is 5. The molecule has 27 heavy (non-hydrogen) atoms. The third-order valence-electron chi connectivity index (χ3n) is 6.63. The Kier molecular flexibility index (Phi) is 6.83. The Labute approximate surface area is 164 Å². The molecule has 0 amide bonds. The van der Waals surface area contributed by atoms with Crippen molar-refractivity contribution >= 4 is 11.9 Å². The van der Waals surface area contributed by atoms with Crippen molar-refractivity contribution in [3.8, 4) is 0 Å². The second-order valence-corrected chi connectivity index (χ2v) is 9.73. The summed E-state index contributed by atoms with van der Waals surface area (Å²) in [5.74, 6) is 2.03. The maximum atomic E-state index is 12.4. The zero-order valence-corrected chi connectivity index (χ0v) is 17.1. The predicted octanol–water partition coefficient (Wildman–Crippen LogP) is 3.47. The van der Waals surface area contributed by atoms with Crippen LogP contribution in [0.1, 0.15) is 57.8 Å². The van der Waals surface area contributed by atoms with E-state index in [4.69, 9.17) is 9.47 Å². The zero-order chi connectivity index (χ0) is 19.4. The first-order chi connectivity index (χ1) is 12.8. The lowest BCUT2D eigenvalue weighted by Crippen LogP contribution is -2.47. The van der Waals surface area contributed by atoms with Crippen LogP contribution in [0.25, 0.3) is 0 Å². The maximum Gasteiger partial charge on any atom is 0.306 e. The minimum Gasteiger partial charge on any atom is -0.465 e. The molecule has 0 aromatic carbocycles. The lowest BCUT2D eigenvalue weighted by atomic mass is 9.49. The SMILES string of the molecule is [CH2]C(COC(=O)CCCN(C)C)COC(=O)CC12CC3CC(CC(C3)C1)C2. The average molecular weight is 379 g/mol. The van der Waals surface area contributed by atoms with E-state index >= 15 is 0 Å². The molecule has 0 heterocycles. The lowest BCUT2D eigenvalue weighted by Gasteiger charge is -2.56. The number of rotatable bonds is 10. The van der Waals surface area contributed by atoms with Crippen LogP contribution in [-0.2, 0) is 19.1 Å². The molecule has 4 aliphatic carbocycles. The largest absolute Gasteiger partial charge is 0.465 e. The van der Waals surface area contributed by atoms with Gasteiger partial charge in [-0.2, -0.15) is 0 Å². The Morgan fingerprint density at radius 3 is 2.04 bits per heavy atom. The van der Waals surface area contributed by atoms with Crippen LogP contribution in [0.3, 0.4) is 0 Å². The molecule has 4 bridgehead atoms. The van der Waals surface area contributed by atoms with Crippen LogP contribution in [0.2, 0.25) is 0 Å². The van der Waals surface area contributed by atoms with E-state index in [1.807, 2.05) is 19.0 Å². The van der Waals surface area contributed by atoms with Gasteiger partial charge in [0, 0.05) is 12.3 Å². The number of ether oxygens (including phenoxy) is 2. The van der Waals surface area contributed by atoms with Crippen LogP contribution in [0.4, 0.5) is 0 Å². The lowest BCUT2D eigenvalue weighted by molar-refractivity contribution is -0.154. The molecule has 153 valence electrons. The molecule has 1 radical (unpaired) electrons. The van der Waals surface area contributed by atoms with Gasteiger partial charge in [-0.25, -0.2) is 0 Å². The van der Waals surface area contributed by atoms with Crippen molar-refractivity contribution in [2.75, 3.05) is 33.9 Å². The minimum atomic E-state index is -0.205. The Hall–Kier alpha value is -1.10. The molecule has 0 N–H and O–H groups in total. The van der Waals surface area contributed by atoms with Gasteiger partial charge in [-0.05, 0) is 95.7 Å². The summed E-state index contributed by atoms with van der Waals surface area (Å²) in [4.78, 5) is 26.2. The molecule has 0 aliphatic heterocycles. The highest BCUT2D eigenvalue weighted by Gasteiger charge is 2.51. The molecule has 0 aromatic heterocycles. The highest BCUT2D eigenvalue weighted by molar-refractivity contribution is 5.70. The van der Waals surface area contributed by atoms with E-state index in [0.717, 1.165) is 30.7 Å². The summed E-state index contributed by atoms with van der Waals surface area (Å²) in [5.41, 5.74) is 0.210. The number of nitrogens with zero attached hydrogens (tertiary/aromatic N) is 1. The number of carbonyl (C=O) groups excluding carboxylic acids is 2. The standard InChI is InChI=1S/C22H36NO4/c1-16(14-26-20(24)5-4-6-23(2)3)15-27-21(25)13-22-10-17-7-18(11-22)9-19(8-17)12-22/h16-19H,1,4-15H2,2-3H3. The van der Waals surface area contributed by atoms with Crippen molar-refractivity contribution < 1.29 is 19.1 Å². The van der Waals surface area contributed by atoms with E-state index in [1.54, 1.807) is 0 Å². The van der Waals surface area contributed by atoms with Gasteiger partial charge in [0.2, 0.25) is 0 Å². The molecule has 5 nitrogen and oxygen atoms in total. The van der Waals surface area contributed by atoms with Crippen LogP contribution in [0.5, 0.6) is 0 Å². The molecule has 4 saturated carbocycles. The van der Waals surface area contributed by atoms with E-state index in [1.165, 1.54) is 38.5 Å². The van der Waals surface area contributed by atoms with Crippen molar-refractivity contribution in [2.24, 2.45) is 29.1 Å². The second-order valence-electron chi connectivity index (χ2n) is 9.73. The normalized spacial score (nSPS) is 32.5. The summed E-state index contributed by atoms with van der Waals surface area (Å²) >= 11 is 0. The van der Waals surface area contributed by atoms with Crippen molar-refractivity contribution in [3.63, 3.8) is 0 Å². The van der Waals surface area contributed by atoms with Crippen LogP contribution in [-0.4, -0.2) is 50.7 Å². The molecule has 4 rings (SSSR count). The summed E-state index contributed by atoms with van der Waals surface area (Å²) in [7, 11) is 3.96. The summed E-state index contributed by atoms with van der Waals surface area (Å²) in [6.07, 6.45) is 9.56.